The molecule has 1 atom stereocenters. The lowest BCUT2D eigenvalue weighted by Crippen LogP contribution is -2.46. The van der Waals surface area contributed by atoms with Crippen LogP contribution in [0.4, 0.5) is 0 Å². The van der Waals surface area contributed by atoms with Crippen LogP contribution in [0.3, 0.4) is 0 Å². The molecule has 1 saturated heterocycles. The molecule has 0 unspecified atom stereocenters. The van der Waals surface area contributed by atoms with Crippen LogP contribution in [-0.2, 0) is 16.0 Å². The standard InChI is InChI=1S/C14H19NO5/c1-3-10-6-9(2)13(20-10)14(18)15-4-5-19-11(8-15)7-12(16)17/h6,11H,3-5,7-8H2,1-2H3,(H,16,17)/t11-/m0/s1. The predicted octanol–water partition coefficient (Wildman–Crippen LogP) is 1.47. The number of carbonyl (C=O) groups is 2. The van der Waals surface area contributed by atoms with E-state index >= 15 is 0 Å². The number of carboxylic acids is 1. The number of aryl methyl sites for hydroxylation is 2. The van der Waals surface area contributed by atoms with Gasteiger partial charge in [-0.2, -0.15) is 0 Å². The van der Waals surface area contributed by atoms with Gasteiger partial charge in [0, 0.05) is 25.1 Å². The maximum Gasteiger partial charge on any atom is 0.306 e. The van der Waals surface area contributed by atoms with Gasteiger partial charge >= 0.3 is 5.97 Å². The van der Waals surface area contributed by atoms with Crippen LogP contribution in [0.1, 0.15) is 35.2 Å². The number of furan rings is 1. The van der Waals surface area contributed by atoms with Crippen molar-refractivity contribution in [3.8, 4) is 0 Å². The molecule has 6 nitrogen and oxygen atoms in total. The van der Waals surface area contributed by atoms with E-state index in [2.05, 4.69) is 0 Å². The van der Waals surface area contributed by atoms with Crippen molar-refractivity contribution in [2.45, 2.75) is 32.8 Å². The Bertz CT molecular complexity index is 508. The second-order valence-electron chi connectivity index (χ2n) is 4.92. The number of carboxylic acid groups (broad SMARTS) is 1. The van der Waals surface area contributed by atoms with Gasteiger partial charge in [0.25, 0.3) is 5.91 Å². The van der Waals surface area contributed by atoms with Gasteiger partial charge in [-0.3, -0.25) is 9.59 Å². The highest BCUT2D eigenvalue weighted by Gasteiger charge is 2.29. The average Bonchev–Trinajstić information content (AvgIpc) is 2.79. The summed E-state index contributed by atoms with van der Waals surface area (Å²) in [6.07, 6.45) is 0.186. The molecule has 0 aliphatic carbocycles. The minimum Gasteiger partial charge on any atom is -0.481 e. The Labute approximate surface area is 117 Å². The van der Waals surface area contributed by atoms with Crippen molar-refractivity contribution in [1.29, 1.82) is 0 Å². The zero-order chi connectivity index (χ0) is 14.7. The molecule has 0 spiro atoms. The number of carbonyl (C=O) groups excluding carboxylic acids is 1. The molecule has 110 valence electrons. The summed E-state index contributed by atoms with van der Waals surface area (Å²) in [4.78, 5) is 24.7. The summed E-state index contributed by atoms with van der Waals surface area (Å²) in [7, 11) is 0. The Morgan fingerprint density at radius 3 is 2.85 bits per heavy atom. The largest absolute Gasteiger partial charge is 0.481 e. The fourth-order valence-corrected chi connectivity index (χ4v) is 2.30. The molecule has 0 bridgehead atoms. The third-order valence-corrected chi connectivity index (χ3v) is 3.34. The lowest BCUT2D eigenvalue weighted by molar-refractivity contribution is -0.141. The molecular formula is C14H19NO5. The average molecular weight is 281 g/mol. The van der Waals surface area contributed by atoms with Gasteiger partial charge in [-0.25, -0.2) is 0 Å². The Kier molecular flexibility index (Phi) is 4.44. The molecule has 0 saturated carbocycles. The van der Waals surface area contributed by atoms with Crippen molar-refractivity contribution in [2.75, 3.05) is 19.7 Å². The number of aliphatic carboxylic acids is 1. The van der Waals surface area contributed by atoms with Crippen LogP contribution in [0.2, 0.25) is 0 Å². The number of morpholine rings is 1. The Hall–Kier alpha value is -1.82. The number of hydrogen-bond acceptors (Lipinski definition) is 4. The molecule has 1 N–H and O–H groups in total. The van der Waals surface area contributed by atoms with E-state index in [0.717, 1.165) is 17.7 Å². The van der Waals surface area contributed by atoms with Gasteiger partial charge < -0.3 is 19.2 Å². The van der Waals surface area contributed by atoms with E-state index in [9.17, 15) is 9.59 Å². The number of rotatable bonds is 4. The van der Waals surface area contributed by atoms with Crippen LogP contribution in [0.5, 0.6) is 0 Å². The number of hydrogen-bond donors (Lipinski definition) is 1. The summed E-state index contributed by atoms with van der Waals surface area (Å²) in [5.41, 5.74) is 0.813. The van der Waals surface area contributed by atoms with Gasteiger partial charge in [-0.05, 0) is 13.0 Å². The van der Waals surface area contributed by atoms with Crippen LogP contribution in [0.25, 0.3) is 0 Å². The first kappa shape index (κ1) is 14.6. The third-order valence-electron chi connectivity index (χ3n) is 3.34. The molecule has 1 aliphatic heterocycles. The van der Waals surface area contributed by atoms with Crippen molar-refractivity contribution < 1.29 is 23.8 Å². The Morgan fingerprint density at radius 2 is 2.25 bits per heavy atom. The minimum absolute atomic E-state index is 0.0961. The van der Waals surface area contributed by atoms with Gasteiger partial charge in [0.15, 0.2) is 5.76 Å². The van der Waals surface area contributed by atoms with Crippen LogP contribution < -0.4 is 0 Å². The van der Waals surface area contributed by atoms with Gasteiger partial charge in [-0.15, -0.1) is 0 Å². The van der Waals surface area contributed by atoms with Gasteiger partial charge in [0.1, 0.15) is 5.76 Å². The normalized spacial score (nSPS) is 19.1. The first-order chi connectivity index (χ1) is 9.51. The molecule has 1 amide bonds. The fraction of sp³-hybridized carbons (Fsp3) is 0.571. The molecule has 1 aliphatic rings. The third kappa shape index (κ3) is 3.19. The summed E-state index contributed by atoms with van der Waals surface area (Å²) in [5, 5.41) is 8.79. The molecule has 0 radical (unpaired) electrons. The monoisotopic (exact) mass is 281 g/mol. The fourth-order valence-electron chi connectivity index (χ4n) is 2.30. The van der Waals surface area contributed by atoms with Gasteiger partial charge in [0.2, 0.25) is 0 Å². The van der Waals surface area contributed by atoms with E-state index in [4.69, 9.17) is 14.3 Å². The van der Waals surface area contributed by atoms with Crippen molar-refractivity contribution >= 4 is 11.9 Å². The zero-order valence-corrected chi connectivity index (χ0v) is 11.7. The molecule has 0 aromatic carbocycles. The van der Waals surface area contributed by atoms with E-state index < -0.39 is 12.1 Å². The molecule has 1 aromatic rings. The van der Waals surface area contributed by atoms with Crippen LogP contribution >= 0.6 is 0 Å². The van der Waals surface area contributed by atoms with Crippen LogP contribution in [0.15, 0.2) is 10.5 Å². The molecular weight excluding hydrogens is 262 g/mol. The second kappa shape index (κ2) is 6.09. The summed E-state index contributed by atoms with van der Waals surface area (Å²) in [6, 6.07) is 1.86. The lowest BCUT2D eigenvalue weighted by Gasteiger charge is -2.31. The highest BCUT2D eigenvalue weighted by atomic mass is 16.5. The molecule has 1 aromatic heterocycles. The van der Waals surface area contributed by atoms with Crippen molar-refractivity contribution in [2.24, 2.45) is 0 Å². The van der Waals surface area contributed by atoms with E-state index in [-0.39, 0.29) is 18.9 Å². The zero-order valence-electron chi connectivity index (χ0n) is 11.7. The van der Waals surface area contributed by atoms with Crippen molar-refractivity contribution in [3.63, 3.8) is 0 Å². The van der Waals surface area contributed by atoms with Crippen molar-refractivity contribution in [3.05, 3.63) is 23.2 Å². The summed E-state index contributed by atoms with van der Waals surface area (Å²) in [5.74, 6) is 0.00616. The Balaban J connectivity index is 2.07. The van der Waals surface area contributed by atoms with Crippen molar-refractivity contribution in [1.82, 2.24) is 4.90 Å². The smallest absolute Gasteiger partial charge is 0.306 e. The molecule has 2 heterocycles. The Morgan fingerprint density at radius 1 is 1.50 bits per heavy atom. The highest BCUT2D eigenvalue weighted by molar-refractivity contribution is 5.93. The predicted molar refractivity (Wildman–Crippen MR) is 70.7 cm³/mol. The number of ether oxygens (including phenoxy) is 1. The molecule has 6 heteroatoms. The van der Waals surface area contributed by atoms with E-state index in [1.54, 1.807) is 4.90 Å². The molecule has 20 heavy (non-hydrogen) atoms. The highest BCUT2D eigenvalue weighted by Crippen LogP contribution is 2.19. The van der Waals surface area contributed by atoms with Crippen LogP contribution in [0, 0.1) is 6.92 Å². The van der Waals surface area contributed by atoms with E-state index in [0.29, 0.717) is 18.9 Å². The SMILES string of the molecule is CCc1cc(C)c(C(=O)N2CCO[C@@H](CC(=O)O)C2)o1. The summed E-state index contributed by atoms with van der Waals surface area (Å²) >= 11 is 0. The molecule has 2 rings (SSSR count). The second-order valence-corrected chi connectivity index (χ2v) is 4.92. The molecule has 1 fully saturated rings. The summed E-state index contributed by atoms with van der Waals surface area (Å²) in [6.45, 7) is 4.89. The quantitative estimate of drug-likeness (QED) is 0.904. The maximum absolute atomic E-state index is 12.4. The lowest BCUT2D eigenvalue weighted by atomic mass is 10.2. The van der Waals surface area contributed by atoms with E-state index in [1.807, 2.05) is 19.9 Å². The first-order valence-corrected chi connectivity index (χ1v) is 6.73. The number of nitrogens with zero attached hydrogens (tertiary/aromatic N) is 1. The van der Waals surface area contributed by atoms with Gasteiger partial charge in [-0.1, -0.05) is 6.92 Å². The summed E-state index contributed by atoms with van der Waals surface area (Å²) < 4.78 is 10.9. The topological polar surface area (TPSA) is 80.0 Å². The maximum atomic E-state index is 12.4. The minimum atomic E-state index is -0.924. The van der Waals surface area contributed by atoms with E-state index in [1.165, 1.54) is 0 Å². The first-order valence-electron chi connectivity index (χ1n) is 6.73. The van der Waals surface area contributed by atoms with Gasteiger partial charge in [0.05, 0.1) is 19.1 Å². The number of amides is 1. The van der Waals surface area contributed by atoms with Crippen LogP contribution in [-0.4, -0.2) is 47.7 Å².